The second-order valence-electron chi connectivity index (χ2n) is 4.05. The van der Waals surface area contributed by atoms with Gasteiger partial charge in [-0.05, 0) is 59.8 Å². The lowest BCUT2D eigenvalue weighted by molar-refractivity contribution is 0.600. The van der Waals surface area contributed by atoms with Crippen LogP contribution in [0.1, 0.15) is 5.56 Å². The van der Waals surface area contributed by atoms with E-state index in [1.54, 1.807) is 24.3 Å². The maximum Gasteiger partial charge on any atom is 0.262 e. The standard InChI is InChI=1S/C13H11ClINO2S/c1-9-2-5-11(6-3-9)16-19(17,18)13-7-4-10(14)8-12(13)15/h2-8,16H,1H3. The molecule has 0 aromatic heterocycles. The summed E-state index contributed by atoms with van der Waals surface area (Å²) in [5, 5.41) is 0.513. The minimum absolute atomic E-state index is 0.220. The zero-order valence-corrected chi connectivity index (χ0v) is 13.8. The van der Waals surface area contributed by atoms with Gasteiger partial charge in [0.15, 0.2) is 0 Å². The molecule has 0 saturated carbocycles. The number of aryl methyl sites for hydroxylation is 1. The fraction of sp³-hybridized carbons (Fsp3) is 0.0769. The molecule has 0 amide bonds. The Morgan fingerprint density at radius 2 is 1.74 bits per heavy atom. The van der Waals surface area contributed by atoms with E-state index in [1.807, 2.05) is 41.6 Å². The molecule has 0 heterocycles. The summed E-state index contributed by atoms with van der Waals surface area (Å²) >= 11 is 7.78. The van der Waals surface area contributed by atoms with Gasteiger partial charge in [-0.25, -0.2) is 8.42 Å². The van der Waals surface area contributed by atoms with Gasteiger partial charge in [-0.3, -0.25) is 4.72 Å². The Labute approximate surface area is 131 Å². The Morgan fingerprint density at radius 3 is 2.32 bits per heavy atom. The number of hydrogen-bond acceptors (Lipinski definition) is 2. The van der Waals surface area contributed by atoms with E-state index in [0.29, 0.717) is 14.3 Å². The van der Waals surface area contributed by atoms with Gasteiger partial charge in [0.05, 0.1) is 0 Å². The SMILES string of the molecule is Cc1ccc(NS(=O)(=O)c2ccc(Cl)cc2I)cc1. The molecular formula is C13H11ClINO2S. The molecule has 0 aliphatic carbocycles. The van der Waals surface area contributed by atoms with Crippen LogP contribution in [0, 0.1) is 10.5 Å². The second-order valence-corrected chi connectivity index (χ2v) is 7.30. The first-order chi connectivity index (χ1) is 8.88. The number of rotatable bonds is 3. The lowest BCUT2D eigenvalue weighted by Crippen LogP contribution is -2.14. The van der Waals surface area contributed by atoms with Crippen molar-refractivity contribution in [1.29, 1.82) is 0 Å². The van der Waals surface area contributed by atoms with E-state index < -0.39 is 10.0 Å². The van der Waals surface area contributed by atoms with Crippen LogP contribution in [0.15, 0.2) is 47.4 Å². The Hall–Kier alpha value is -0.790. The summed E-state index contributed by atoms with van der Waals surface area (Å²) in [6.07, 6.45) is 0. The third-order valence-corrected chi connectivity index (χ3v) is 5.42. The summed E-state index contributed by atoms with van der Waals surface area (Å²) in [5.74, 6) is 0. The first kappa shape index (κ1) is 14.6. The number of nitrogens with one attached hydrogen (secondary N) is 1. The molecule has 0 radical (unpaired) electrons. The van der Waals surface area contributed by atoms with Gasteiger partial charge in [-0.15, -0.1) is 0 Å². The van der Waals surface area contributed by atoms with Crippen molar-refractivity contribution < 1.29 is 8.42 Å². The smallest absolute Gasteiger partial charge is 0.262 e. The molecule has 0 fully saturated rings. The second kappa shape index (κ2) is 5.68. The van der Waals surface area contributed by atoms with Gasteiger partial charge in [0.2, 0.25) is 0 Å². The van der Waals surface area contributed by atoms with Crippen LogP contribution >= 0.6 is 34.2 Å². The third-order valence-electron chi connectivity index (χ3n) is 2.49. The van der Waals surface area contributed by atoms with Gasteiger partial charge in [0.1, 0.15) is 4.90 Å². The summed E-state index contributed by atoms with van der Waals surface area (Å²) in [4.78, 5) is 0.220. The molecule has 0 bridgehead atoms. The van der Waals surface area contributed by atoms with Crippen LogP contribution in [0.5, 0.6) is 0 Å². The van der Waals surface area contributed by atoms with Crippen molar-refractivity contribution in [3.05, 3.63) is 56.6 Å². The highest BCUT2D eigenvalue weighted by molar-refractivity contribution is 14.1. The molecule has 0 aliphatic rings. The van der Waals surface area contributed by atoms with Crippen LogP contribution < -0.4 is 4.72 Å². The van der Waals surface area contributed by atoms with Crippen molar-refractivity contribution in [3.8, 4) is 0 Å². The highest BCUT2D eigenvalue weighted by Gasteiger charge is 2.17. The van der Waals surface area contributed by atoms with E-state index in [0.717, 1.165) is 5.56 Å². The molecule has 0 aliphatic heterocycles. The quantitative estimate of drug-likeness (QED) is 0.780. The normalized spacial score (nSPS) is 11.3. The van der Waals surface area contributed by atoms with Crippen LogP contribution in [-0.2, 0) is 10.0 Å². The summed E-state index contributed by atoms with van der Waals surface area (Å²) in [6.45, 7) is 1.94. The lowest BCUT2D eigenvalue weighted by atomic mass is 10.2. The van der Waals surface area contributed by atoms with E-state index in [-0.39, 0.29) is 4.90 Å². The summed E-state index contributed by atoms with van der Waals surface area (Å²) in [7, 11) is -3.59. The first-order valence-corrected chi connectivity index (χ1v) is 8.37. The van der Waals surface area contributed by atoms with Crippen LogP contribution in [0.2, 0.25) is 5.02 Å². The average molecular weight is 408 g/mol. The minimum atomic E-state index is -3.59. The fourth-order valence-electron chi connectivity index (χ4n) is 1.52. The van der Waals surface area contributed by atoms with Crippen molar-refractivity contribution >= 4 is 49.9 Å². The van der Waals surface area contributed by atoms with Gasteiger partial charge in [0.25, 0.3) is 10.0 Å². The highest BCUT2D eigenvalue weighted by atomic mass is 127. The summed E-state index contributed by atoms with van der Waals surface area (Å²) in [5.41, 5.74) is 1.61. The monoisotopic (exact) mass is 407 g/mol. The number of benzene rings is 2. The molecule has 100 valence electrons. The van der Waals surface area contributed by atoms with E-state index in [9.17, 15) is 8.42 Å². The van der Waals surface area contributed by atoms with Gasteiger partial charge in [0, 0.05) is 14.3 Å². The lowest BCUT2D eigenvalue weighted by Gasteiger charge is -2.10. The highest BCUT2D eigenvalue weighted by Crippen LogP contribution is 2.24. The van der Waals surface area contributed by atoms with E-state index in [4.69, 9.17) is 11.6 Å². The zero-order valence-electron chi connectivity index (χ0n) is 10.0. The summed E-state index contributed by atoms with van der Waals surface area (Å²) < 4.78 is 27.7. The van der Waals surface area contributed by atoms with E-state index >= 15 is 0 Å². The van der Waals surface area contributed by atoms with Gasteiger partial charge >= 0.3 is 0 Å². The molecule has 2 aromatic rings. The van der Waals surface area contributed by atoms with E-state index in [2.05, 4.69) is 4.72 Å². The number of halogens is 2. The van der Waals surface area contributed by atoms with Crippen LogP contribution in [-0.4, -0.2) is 8.42 Å². The molecular weight excluding hydrogens is 397 g/mol. The van der Waals surface area contributed by atoms with Crippen molar-refractivity contribution in [2.75, 3.05) is 4.72 Å². The van der Waals surface area contributed by atoms with Gasteiger partial charge in [-0.1, -0.05) is 29.3 Å². The molecule has 19 heavy (non-hydrogen) atoms. The largest absolute Gasteiger partial charge is 0.280 e. The predicted molar refractivity (Wildman–Crippen MR) is 86.2 cm³/mol. The summed E-state index contributed by atoms with van der Waals surface area (Å²) in [6, 6.07) is 11.8. The van der Waals surface area contributed by atoms with Crippen molar-refractivity contribution in [2.45, 2.75) is 11.8 Å². The minimum Gasteiger partial charge on any atom is -0.280 e. The maximum atomic E-state index is 12.3. The third kappa shape index (κ3) is 3.61. The van der Waals surface area contributed by atoms with Crippen molar-refractivity contribution in [1.82, 2.24) is 0 Å². The van der Waals surface area contributed by atoms with Crippen LogP contribution in [0.25, 0.3) is 0 Å². The van der Waals surface area contributed by atoms with Gasteiger partial charge in [-0.2, -0.15) is 0 Å². The maximum absolute atomic E-state index is 12.3. The first-order valence-electron chi connectivity index (χ1n) is 5.43. The number of sulfonamides is 1. The number of anilines is 1. The molecule has 0 unspecified atom stereocenters. The Morgan fingerprint density at radius 1 is 1.11 bits per heavy atom. The predicted octanol–water partition coefficient (Wildman–Crippen LogP) is 4.05. The van der Waals surface area contributed by atoms with Gasteiger partial charge < -0.3 is 0 Å². The molecule has 2 rings (SSSR count). The Bertz CT molecular complexity index is 699. The Balaban J connectivity index is 2.35. The molecule has 6 heteroatoms. The van der Waals surface area contributed by atoms with Crippen molar-refractivity contribution in [2.24, 2.45) is 0 Å². The number of hydrogen-bond donors (Lipinski definition) is 1. The Kier molecular flexibility index (Phi) is 4.37. The van der Waals surface area contributed by atoms with Crippen LogP contribution in [0.4, 0.5) is 5.69 Å². The fourth-order valence-corrected chi connectivity index (χ4v) is 4.39. The molecule has 1 N–H and O–H groups in total. The zero-order chi connectivity index (χ0) is 14.0. The molecule has 3 nitrogen and oxygen atoms in total. The molecule has 0 saturated heterocycles. The topological polar surface area (TPSA) is 46.2 Å². The molecule has 2 aromatic carbocycles. The molecule has 0 spiro atoms. The van der Waals surface area contributed by atoms with Crippen molar-refractivity contribution in [3.63, 3.8) is 0 Å². The van der Waals surface area contributed by atoms with E-state index in [1.165, 1.54) is 6.07 Å². The van der Waals surface area contributed by atoms with Crippen LogP contribution in [0.3, 0.4) is 0 Å². The molecule has 0 atom stereocenters. The average Bonchev–Trinajstić information content (AvgIpc) is 2.31.